The highest BCUT2D eigenvalue weighted by Crippen LogP contribution is 2.40. The molecule has 1 unspecified atom stereocenters. The number of halogens is 2. The van der Waals surface area contributed by atoms with Gasteiger partial charge in [0, 0.05) is 18.7 Å². The van der Waals surface area contributed by atoms with E-state index in [1.807, 2.05) is 0 Å². The zero-order chi connectivity index (χ0) is 18.8. The molecule has 0 saturated carbocycles. The lowest BCUT2D eigenvalue weighted by molar-refractivity contribution is -0.147. The smallest absolute Gasteiger partial charge is 0.387 e. The van der Waals surface area contributed by atoms with Crippen LogP contribution >= 0.6 is 0 Å². The standard InChI is InChI=1S/C16H19F2NO6/c1-16(14(21)22)4-5-19(8-16)13(20)9-6-10(23-2)12(25-15(17)18)11(7-9)24-3/h6-7,15H,4-5,8H2,1-3H3,(H,21,22). The predicted octanol–water partition coefficient (Wildman–Crippen LogP) is 2.24. The number of carboxylic acids is 1. The zero-order valence-corrected chi connectivity index (χ0v) is 14.0. The van der Waals surface area contributed by atoms with Crippen LogP contribution in [0.25, 0.3) is 0 Å². The summed E-state index contributed by atoms with van der Waals surface area (Å²) in [5.74, 6) is -1.89. The molecule has 1 aliphatic heterocycles. The Bertz CT molecular complexity index is 656. The van der Waals surface area contributed by atoms with Gasteiger partial charge in [0.15, 0.2) is 11.5 Å². The lowest BCUT2D eigenvalue weighted by Crippen LogP contribution is -2.34. The van der Waals surface area contributed by atoms with Crippen LogP contribution in [-0.4, -0.2) is 55.8 Å². The number of nitrogens with zero attached hydrogens (tertiary/aromatic N) is 1. The number of hydrogen-bond donors (Lipinski definition) is 1. The van der Waals surface area contributed by atoms with Gasteiger partial charge >= 0.3 is 12.6 Å². The summed E-state index contributed by atoms with van der Waals surface area (Å²) in [6, 6.07) is 2.53. The second kappa shape index (κ2) is 7.12. The predicted molar refractivity (Wildman–Crippen MR) is 82.4 cm³/mol. The highest BCUT2D eigenvalue weighted by molar-refractivity contribution is 5.96. The van der Waals surface area contributed by atoms with Gasteiger partial charge in [0.2, 0.25) is 5.75 Å². The Kier molecular flexibility index (Phi) is 5.34. The zero-order valence-electron chi connectivity index (χ0n) is 14.0. The van der Waals surface area contributed by atoms with Crippen LogP contribution in [0.1, 0.15) is 23.7 Å². The molecule has 25 heavy (non-hydrogen) atoms. The maximum absolute atomic E-state index is 12.7. The number of benzene rings is 1. The van der Waals surface area contributed by atoms with Crippen molar-refractivity contribution >= 4 is 11.9 Å². The molecular formula is C16H19F2NO6. The van der Waals surface area contributed by atoms with Gasteiger partial charge in [0.05, 0.1) is 19.6 Å². The van der Waals surface area contributed by atoms with Crippen LogP contribution in [-0.2, 0) is 4.79 Å². The van der Waals surface area contributed by atoms with Gasteiger partial charge in [-0.1, -0.05) is 0 Å². The average Bonchev–Trinajstić information content (AvgIpc) is 2.97. The lowest BCUT2D eigenvalue weighted by atomic mass is 9.90. The van der Waals surface area contributed by atoms with Gasteiger partial charge in [-0.05, 0) is 25.5 Å². The quantitative estimate of drug-likeness (QED) is 0.838. The van der Waals surface area contributed by atoms with Gasteiger partial charge in [-0.25, -0.2) is 0 Å². The van der Waals surface area contributed by atoms with Crippen molar-refractivity contribution in [3.63, 3.8) is 0 Å². The van der Waals surface area contributed by atoms with E-state index in [4.69, 9.17) is 9.47 Å². The second-order valence-electron chi connectivity index (χ2n) is 5.93. The van der Waals surface area contributed by atoms with Gasteiger partial charge in [0.25, 0.3) is 5.91 Å². The number of methoxy groups -OCH3 is 2. The normalized spacial score (nSPS) is 19.8. The molecule has 1 N–H and O–H groups in total. The Hall–Kier alpha value is -2.58. The highest BCUT2D eigenvalue weighted by Gasteiger charge is 2.42. The van der Waals surface area contributed by atoms with Gasteiger partial charge < -0.3 is 24.2 Å². The summed E-state index contributed by atoms with van der Waals surface area (Å²) < 4.78 is 39.5. The molecule has 7 nitrogen and oxygen atoms in total. The SMILES string of the molecule is COc1cc(C(=O)N2CCC(C)(C(=O)O)C2)cc(OC)c1OC(F)F. The molecule has 0 aliphatic carbocycles. The Labute approximate surface area is 143 Å². The van der Waals surface area contributed by atoms with E-state index in [9.17, 15) is 23.5 Å². The molecule has 1 fully saturated rings. The molecule has 1 amide bonds. The number of alkyl halides is 2. The number of amides is 1. The van der Waals surface area contributed by atoms with E-state index in [-0.39, 0.29) is 35.9 Å². The van der Waals surface area contributed by atoms with Crippen LogP contribution in [0.4, 0.5) is 8.78 Å². The van der Waals surface area contributed by atoms with Crippen molar-refractivity contribution in [3.8, 4) is 17.2 Å². The van der Waals surface area contributed by atoms with Crippen molar-refractivity contribution in [3.05, 3.63) is 17.7 Å². The molecule has 1 atom stereocenters. The van der Waals surface area contributed by atoms with Gasteiger partial charge in [-0.2, -0.15) is 8.78 Å². The average molecular weight is 359 g/mol. The van der Waals surface area contributed by atoms with Crippen LogP contribution < -0.4 is 14.2 Å². The number of carboxylic acid groups (broad SMARTS) is 1. The first-order chi connectivity index (χ1) is 11.7. The topological polar surface area (TPSA) is 85.3 Å². The van der Waals surface area contributed by atoms with E-state index >= 15 is 0 Å². The van der Waals surface area contributed by atoms with Crippen molar-refractivity contribution in [2.45, 2.75) is 20.0 Å². The van der Waals surface area contributed by atoms with Gasteiger partial charge in [0.1, 0.15) is 0 Å². The van der Waals surface area contributed by atoms with Crippen LogP contribution in [0.5, 0.6) is 17.2 Å². The number of ether oxygens (including phenoxy) is 3. The summed E-state index contributed by atoms with van der Waals surface area (Å²) in [5, 5.41) is 9.26. The number of hydrogen-bond acceptors (Lipinski definition) is 5. The van der Waals surface area contributed by atoms with Crippen LogP contribution in [0.15, 0.2) is 12.1 Å². The van der Waals surface area contributed by atoms with Gasteiger partial charge in [-0.15, -0.1) is 0 Å². The summed E-state index contributed by atoms with van der Waals surface area (Å²) >= 11 is 0. The highest BCUT2D eigenvalue weighted by atomic mass is 19.3. The van der Waals surface area contributed by atoms with E-state index in [0.717, 1.165) is 0 Å². The fraction of sp³-hybridized carbons (Fsp3) is 0.500. The minimum absolute atomic E-state index is 0.0566. The van der Waals surface area contributed by atoms with Crippen LogP contribution in [0.3, 0.4) is 0 Å². The number of carbonyl (C=O) groups is 2. The third-order valence-electron chi connectivity index (χ3n) is 4.19. The van der Waals surface area contributed by atoms with Crippen LogP contribution in [0, 0.1) is 5.41 Å². The molecule has 0 aromatic heterocycles. The molecule has 9 heteroatoms. The van der Waals surface area contributed by atoms with E-state index < -0.39 is 23.9 Å². The largest absolute Gasteiger partial charge is 0.493 e. The Morgan fingerprint density at radius 2 is 1.80 bits per heavy atom. The third kappa shape index (κ3) is 3.75. The van der Waals surface area contributed by atoms with Crippen molar-refractivity contribution in [2.24, 2.45) is 5.41 Å². The molecule has 0 bridgehead atoms. The third-order valence-corrected chi connectivity index (χ3v) is 4.19. The van der Waals surface area contributed by atoms with Crippen molar-refractivity contribution in [2.75, 3.05) is 27.3 Å². The number of likely N-dealkylation sites (tertiary alicyclic amines) is 1. The molecule has 1 aromatic rings. The molecular weight excluding hydrogens is 340 g/mol. The second-order valence-corrected chi connectivity index (χ2v) is 5.93. The summed E-state index contributed by atoms with van der Waals surface area (Å²) in [6.45, 7) is -1.18. The first-order valence-corrected chi connectivity index (χ1v) is 7.45. The Morgan fingerprint density at radius 1 is 1.24 bits per heavy atom. The maximum Gasteiger partial charge on any atom is 0.387 e. The molecule has 2 rings (SSSR count). The van der Waals surface area contributed by atoms with E-state index in [1.54, 1.807) is 6.92 Å². The van der Waals surface area contributed by atoms with E-state index in [0.29, 0.717) is 6.42 Å². The van der Waals surface area contributed by atoms with Crippen molar-refractivity contribution < 1.29 is 37.7 Å². The van der Waals surface area contributed by atoms with E-state index in [2.05, 4.69) is 4.74 Å². The minimum atomic E-state index is -3.08. The van der Waals surface area contributed by atoms with Crippen LogP contribution in [0.2, 0.25) is 0 Å². The molecule has 1 aromatic carbocycles. The summed E-state index contributed by atoms with van der Waals surface area (Å²) in [7, 11) is 2.50. The molecule has 0 radical (unpaired) electrons. The summed E-state index contributed by atoms with van der Waals surface area (Å²) in [5.41, 5.74) is -0.882. The Balaban J connectivity index is 2.33. The molecule has 1 heterocycles. The summed E-state index contributed by atoms with van der Waals surface area (Å²) in [6.07, 6.45) is 0.328. The first-order valence-electron chi connectivity index (χ1n) is 7.45. The number of aliphatic carboxylic acids is 1. The maximum atomic E-state index is 12.7. The molecule has 1 aliphatic rings. The molecule has 0 spiro atoms. The minimum Gasteiger partial charge on any atom is -0.493 e. The van der Waals surface area contributed by atoms with Gasteiger partial charge in [-0.3, -0.25) is 9.59 Å². The summed E-state index contributed by atoms with van der Waals surface area (Å²) in [4.78, 5) is 25.4. The first kappa shape index (κ1) is 18.8. The Morgan fingerprint density at radius 3 is 2.20 bits per heavy atom. The fourth-order valence-corrected chi connectivity index (χ4v) is 2.70. The van der Waals surface area contributed by atoms with Crippen molar-refractivity contribution in [1.29, 1.82) is 0 Å². The van der Waals surface area contributed by atoms with Crippen molar-refractivity contribution in [1.82, 2.24) is 4.90 Å². The number of rotatable bonds is 6. The number of carbonyl (C=O) groups excluding carboxylic acids is 1. The van der Waals surface area contributed by atoms with E-state index in [1.165, 1.54) is 31.3 Å². The molecule has 138 valence electrons. The lowest BCUT2D eigenvalue weighted by Gasteiger charge is -2.21. The molecule has 1 saturated heterocycles. The monoisotopic (exact) mass is 359 g/mol. The fourth-order valence-electron chi connectivity index (χ4n) is 2.70.